The molecule has 237 valence electrons. The third kappa shape index (κ3) is 7.32. The molecule has 0 atom stereocenters. The van der Waals surface area contributed by atoms with Gasteiger partial charge in [-0.2, -0.15) is 0 Å². The van der Waals surface area contributed by atoms with Crippen molar-refractivity contribution < 1.29 is 47.6 Å². The van der Waals surface area contributed by atoms with Crippen molar-refractivity contribution in [1.82, 2.24) is 0 Å². The summed E-state index contributed by atoms with van der Waals surface area (Å²) in [6.07, 6.45) is 7.26. The Labute approximate surface area is 302 Å². The van der Waals surface area contributed by atoms with Crippen LogP contribution in [0.4, 0.5) is 0 Å². The normalized spacial score (nSPS) is 13.8. The maximum atomic E-state index is 2.61. The van der Waals surface area contributed by atoms with Crippen LogP contribution in [0.25, 0.3) is 16.7 Å². The summed E-state index contributed by atoms with van der Waals surface area (Å²) in [5.74, 6) is 0. The molecule has 0 saturated carbocycles. The molecule has 0 N–H and O–H groups in total. The second kappa shape index (κ2) is 13.8. The van der Waals surface area contributed by atoms with Crippen LogP contribution in [0.3, 0.4) is 0 Å². The predicted molar refractivity (Wildman–Crippen MR) is 192 cm³/mol. The van der Waals surface area contributed by atoms with E-state index in [1.807, 2.05) is 0 Å². The molecule has 46 heavy (non-hydrogen) atoms. The Bertz CT molecular complexity index is 1790. The molecule has 0 aromatic heterocycles. The fourth-order valence-electron chi connectivity index (χ4n) is 6.72. The fraction of sp³-hybridized carbons (Fsp3) is 0.310. The zero-order valence-electron chi connectivity index (χ0n) is 28.9. The number of benzene rings is 4. The molecule has 0 heterocycles. The summed E-state index contributed by atoms with van der Waals surface area (Å²) in [6, 6.07) is 32.4. The molecule has 0 unspecified atom stereocenters. The van der Waals surface area contributed by atoms with Crippen molar-refractivity contribution >= 4 is 20.1 Å². The van der Waals surface area contributed by atoms with Gasteiger partial charge in [0.25, 0.3) is 0 Å². The van der Waals surface area contributed by atoms with E-state index in [0.29, 0.717) is 0 Å². The van der Waals surface area contributed by atoms with Gasteiger partial charge < -0.3 is 24.8 Å². The third-order valence-corrected chi connectivity index (χ3v) is 15.4. The van der Waals surface area contributed by atoms with Gasteiger partial charge >= 0.3 is 280 Å². The molecule has 0 nitrogen and oxygen atoms in total. The summed E-state index contributed by atoms with van der Waals surface area (Å²) in [4.78, 5) is 0. The zero-order valence-corrected chi connectivity index (χ0v) is 33.9. The van der Waals surface area contributed by atoms with E-state index in [1.54, 1.807) is 28.4 Å². The maximum Gasteiger partial charge on any atom is -1.00 e. The fourth-order valence-corrected chi connectivity index (χ4v) is 12.1. The monoisotopic (exact) mass is 739 g/mol. The predicted octanol–water partition coefficient (Wildman–Crippen LogP) is 4.43. The van der Waals surface area contributed by atoms with Gasteiger partial charge in [0.05, 0.1) is 0 Å². The molecule has 0 fully saturated rings. The Morgan fingerprint density at radius 2 is 1.28 bits per heavy atom. The number of hydrogen-bond donors (Lipinski definition) is 0. The van der Waals surface area contributed by atoms with Gasteiger partial charge in [-0.1, -0.05) is 0 Å². The van der Waals surface area contributed by atoms with Crippen molar-refractivity contribution in [2.24, 2.45) is 0 Å². The second-order valence-electron chi connectivity index (χ2n) is 15.8. The topological polar surface area (TPSA) is 0 Å². The van der Waals surface area contributed by atoms with E-state index in [9.17, 15) is 0 Å². The molecule has 6 rings (SSSR count). The largest absolute Gasteiger partial charge is 1.00 e. The quantitative estimate of drug-likeness (QED) is 0.234. The van der Waals surface area contributed by atoms with Crippen LogP contribution in [0.2, 0.25) is 19.6 Å². The first kappa shape index (κ1) is 36.7. The Hall–Kier alpha value is -2.09. The van der Waals surface area contributed by atoms with E-state index in [-0.39, 0.29) is 35.6 Å². The Kier molecular flexibility index (Phi) is 11.0. The zero-order chi connectivity index (χ0) is 31.4. The molecule has 0 aliphatic heterocycles. The number of halogens is 2. The molecule has 0 spiro atoms. The van der Waals surface area contributed by atoms with Crippen molar-refractivity contribution in [2.45, 2.75) is 84.9 Å². The average Bonchev–Trinajstić information content (AvgIpc) is 3.61. The maximum absolute atomic E-state index is 2.61. The van der Waals surface area contributed by atoms with Crippen LogP contribution in [0.15, 0.2) is 102 Å². The minimum atomic E-state index is -1.42. The summed E-state index contributed by atoms with van der Waals surface area (Å²) in [7, 11) is -1.42. The minimum Gasteiger partial charge on any atom is -1.00 e. The number of rotatable bonds is 5. The Morgan fingerprint density at radius 1 is 0.696 bits per heavy atom. The van der Waals surface area contributed by atoms with Gasteiger partial charge in [-0.3, -0.25) is 0 Å². The molecule has 0 bridgehead atoms. The molecule has 4 aromatic rings. The van der Waals surface area contributed by atoms with Crippen molar-refractivity contribution in [2.75, 3.05) is 0 Å². The van der Waals surface area contributed by atoms with Crippen LogP contribution in [0.1, 0.15) is 86.9 Å². The van der Waals surface area contributed by atoms with Gasteiger partial charge in [-0.15, -0.1) is 0 Å². The standard InChI is InChI=1S/C29H37Si.C13H10.2ClH.Zr/c1-28(2,3)22-12-10-19-14-21-16-26(20-11-13-23(15-20)30(7,8)9)27(29(4,5)6)18-25(21)24(19)17-22;1-3-7-12(8-4-1)11-13-9-5-2-6-10-13;;;/h10,12-13,15,17-18H,11,14H2,1-9H3;1-10H;2*1H;/q;;;;+2/p-2. The van der Waals surface area contributed by atoms with Crippen molar-refractivity contribution in [3.8, 4) is 11.1 Å². The van der Waals surface area contributed by atoms with Gasteiger partial charge in [0, 0.05) is 0 Å². The van der Waals surface area contributed by atoms with Crippen LogP contribution in [0, 0.1) is 0 Å². The molecular formula is C42H47Cl2SiZr. The summed E-state index contributed by atoms with van der Waals surface area (Å²) in [5.41, 5.74) is 15.1. The summed E-state index contributed by atoms with van der Waals surface area (Å²) >= 11 is -1.30. The van der Waals surface area contributed by atoms with Crippen LogP contribution < -0.4 is 28.1 Å². The first-order valence-electron chi connectivity index (χ1n) is 16.2. The summed E-state index contributed by atoms with van der Waals surface area (Å²) in [5, 5.41) is 1.61. The first-order valence-corrected chi connectivity index (χ1v) is 22.2. The summed E-state index contributed by atoms with van der Waals surface area (Å²) in [6.45, 7) is 21.8. The van der Waals surface area contributed by atoms with Crippen LogP contribution in [-0.4, -0.2) is 11.3 Å². The van der Waals surface area contributed by atoms with Gasteiger partial charge in [-0.05, 0) is 0 Å². The van der Waals surface area contributed by atoms with Crippen LogP contribution >= 0.6 is 0 Å². The molecule has 4 heteroatoms. The van der Waals surface area contributed by atoms with E-state index in [2.05, 4.69) is 158 Å². The van der Waals surface area contributed by atoms with E-state index >= 15 is 0 Å². The molecule has 2 aliphatic carbocycles. The second-order valence-corrected chi connectivity index (χ2v) is 23.9. The molecule has 2 aliphatic rings. The van der Waals surface area contributed by atoms with Crippen molar-refractivity contribution in [1.29, 1.82) is 0 Å². The molecule has 4 aromatic carbocycles. The molecule has 0 amide bonds. The molecular weight excluding hydrogens is 695 g/mol. The Balaban J connectivity index is 0.00000240. The van der Waals surface area contributed by atoms with Crippen LogP contribution in [0.5, 0.6) is 0 Å². The Morgan fingerprint density at radius 3 is 1.78 bits per heavy atom. The first-order chi connectivity index (χ1) is 20.7. The molecule has 0 radical (unpaired) electrons. The van der Waals surface area contributed by atoms with Crippen molar-refractivity contribution in [3.63, 3.8) is 0 Å². The summed E-state index contributed by atoms with van der Waals surface area (Å²) < 4.78 is 3.27. The van der Waals surface area contributed by atoms with Crippen LogP contribution in [-0.2, 0) is 40.0 Å². The average molecular weight is 742 g/mol. The smallest absolute Gasteiger partial charge is 1.00 e. The van der Waals surface area contributed by atoms with Gasteiger partial charge in [-0.25, -0.2) is 0 Å². The minimum absolute atomic E-state index is 0. The van der Waals surface area contributed by atoms with Gasteiger partial charge in [0.2, 0.25) is 0 Å². The molecule has 0 saturated heterocycles. The van der Waals surface area contributed by atoms with E-state index in [0.717, 1.165) is 12.8 Å². The third-order valence-electron chi connectivity index (χ3n) is 9.31. The number of allylic oxidation sites excluding steroid dienone is 4. The number of fused-ring (bicyclic) bond motifs is 3. The van der Waals surface area contributed by atoms with E-state index in [1.165, 1.54) is 38.9 Å². The number of hydrogen-bond acceptors (Lipinski definition) is 0. The van der Waals surface area contributed by atoms with Gasteiger partial charge in [0.15, 0.2) is 0 Å². The van der Waals surface area contributed by atoms with Crippen molar-refractivity contribution in [3.05, 3.63) is 141 Å². The van der Waals surface area contributed by atoms with E-state index < -0.39 is 30.8 Å². The van der Waals surface area contributed by atoms with Gasteiger partial charge in [0.1, 0.15) is 0 Å². The van der Waals surface area contributed by atoms with E-state index in [4.69, 9.17) is 0 Å². The SMILES string of the molecule is CC(C)(C)c1ccc2c(c1)-c1cc(C(C)(C)C)c(C3=CC([Si](C)(C)C)=CC3)[c]([Zr+2]=[C](c3ccccc3)c3ccccc3)c1C2.[Cl-].[Cl-].